The first-order valence-electron chi connectivity index (χ1n) is 5.89. The van der Waals surface area contributed by atoms with E-state index in [-0.39, 0.29) is 11.7 Å². The second-order valence-electron chi connectivity index (χ2n) is 5.44. The Bertz CT molecular complexity index is 443. The van der Waals surface area contributed by atoms with Gasteiger partial charge in [0.15, 0.2) is 0 Å². The minimum Gasteiger partial charge on any atom is -0.266 e. The van der Waals surface area contributed by atoms with Crippen LogP contribution in [0.15, 0.2) is 0 Å². The zero-order valence-corrected chi connectivity index (χ0v) is 9.80. The van der Waals surface area contributed by atoms with Crippen LogP contribution >= 0.6 is 0 Å². The van der Waals surface area contributed by atoms with E-state index in [9.17, 15) is 8.78 Å². The summed E-state index contributed by atoms with van der Waals surface area (Å²) < 4.78 is 28.8. The lowest BCUT2D eigenvalue weighted by molar-refractivity contribution is 0.0110. The lowest BCUT2D eigenvalue weighted by atomic mass is 10.1. The Hall–Kier alpha value is -0.930. The first kappa shape index (κ1) is 10.2. The van der Waals surface area contributed by atoms with Gasteiger partial charge in [-0.25, -0.2) is 0 Å². The first-order chi connectivity index (χ1) is 7.39. The molecule has 1 saturated carbocycles. The van der Waals surface area contributed by atoms with Crippen molar-refractivity contribution in [3.63, 3.8) is 0 Å². The summed E-state index contributed by atoms with van der Waals surface area (Å²) in [7, 11) is 0. The summed E-state index contributed by atoms with van der Waals surface area (Å²) in [5, 5.41) is 4.15. The van der Waals surface area contributed by atoms with Gasteiger partial charge in [0.05, 0.1) is 0 Å². The van der Waals surface area contributed by atoms with Gasteiger partial charge in [-0.15, -0.1) is 0 Å². The van der Waals surface area contributed by atoms with Gasteiger partial charge in [-0.1, -0.05) is 0 Å². The van der Waals surface area contributed by atoms with E-state index < -0.39 is 5.92 Å². The maximum absolute atomic E-state index is 13.5. The minimum absolute atomic E-state index is 0.0289. The van der Waals surface area contributed by atoms with Crippen LogP contribution in [0.5, 0.6) is 0 Å². The topological polar surface area (TPSA) is 17.8 Å². The van der Waals surface area contributed by atoms with Crippen LogP contribution in [-0.4, -0.2) is 9.78 Å². The average Bonchev–Trinajstić information content (AvgIpc) is 2.65. The molecule has 0 aromatic carbocycles. The van der Waals surface area contributed by atoms with Crippen molar-refractivity contribution in [1.82, 2.24) is 9.78 Å². The number of rotatable bonds is 2. The van der Waals surface area contributed by atoms with Gasteiger partial charge in [0.25, 0.3) is 5.92 Å². The molecule has 1 aromatic rings. The van der Waals surface area contributed by atoms with Crippen molar-refractivity contribution in [3.05, 3.63) is 17.0 Å². The smallest absolute Gasteiger partial charge is 0.266 e. The molecule has 0 aliphatic heterocycles. The van der Waals surface area contributed by atoms with Crippen LogP contribution in [-0.2, 0) is 12.3 Å². The second-order valence-corrected chi connectivity index (χ2v) is 5.44. The molecule has 0 radical (unpaired) electrons. The van der Waals surface area contributed by atoms with Crippen LogP contribution in [0.4, 0.5) is 8.78 Å². The van der Waals surface area contributed by atoms with Gasteiger partial charge in [0, 0.05) is 24.2 Å². The zero-order chi connectivity index (χ0) is 11.7. The Morgan fingerprint density at radius 1 is 1.44 bits per heavy atom. The Morgan fingerprint density at radius 3 is 2.69 bits per heavy atom. The molecular formula is C12H16F2N2. The summed E-state index contributed by atoms with van der Waals surface area (Å²) in [4.78, 5) is 0. The Kier molecular flexibility index (Phi) is 1.82. The molecule has 0 amide bonds. The van der Waals surface area contributed by atoms with Crippen molar-refractivity contribution in [2.45, 2.75) is 51.5 Å². The third-order valence-electron chi connectivity index (χ3n) is 3.70. The largest absolute Gasteiger partial charge is 0.289 e. The lowest BCUT2D eigenvalue weighted by Gasteiger charge is -2.10. The van der Waals surface area contributed by atoms with Gasteiger partial charge in [-0.2, -0.15) is 13.9 Å². The molecule has 1 fully saturated rings. The summed E-state index contributed by atoms with van der Waals surface area (Å²) in [6, 6.07) is 0.169. The Balaban J connectivity index is 2.16. The van der Waals surface area contributed by atoms with Crippen molar-refractivity contribution in [2.24, 2.45) is 5.92 Å². The molecule has 16 heavy (non-hydrogen) atoms. The standard InChI is InChI=1S/C12H16F2N2/c1-6(2)16-9-5-7-4-8(7)10(9)11(15-16)12(3,13)14/h6-8H,4-5H2,1-3H3. The monoisotopic (exact) mass is 226 g/mol. The van der Waals surface area contributed by atoms with E-state index >= 15 is 0 Å². The van der Waals surface area contributed by atoms with Crippen molar-refractivity contribution < 1.29 is 8.78 Å². The van der Waals surface area contributed by atoms with Crippen LogP contribution in [0.3, 0.4) is 0 Å². The molecule has 2 nitrogen and oxygen atoms in total. The van der Waals surface area contributed by atoms with Gasteiger partial charge in [-0.05, 0) is 38.5 Å². The fraction of sp³-hybridized carbons (Fsp3) is 0.750. The highest BCUT2D eigenvalue weighted by Gasteiger charge is 2.52. The molecule has 3 rings (SSSR count). The van der Waals surface area contributed by atoms with Gasteiger partial charge < -0.3 is 0 Å². The minimum atomic E-state index is -2.80. The highest BCUT2D eigenvalue weighted by molar-refractivity contribution is 5.43. The van der Waals surface area contributed by atoms with Crippen LogP contribution in [0.25, 0.3) is 0 Å². The SMILES string of the molecule is CC(C)n1nc(C(C)(F)F)c2c1CC1CC21. The molecule has 2 aliphatic carbocycles. The normalized spacial score (nSPS) is 27.1. The first-order valence-corrected chi connectivity index (χ1v) is 5.89. The highest BCUT2D eigenvalue weighted by Crippen LogP contribution is 2.59. The highest BCUT2D eigenvalue weighted by atomic mass is 19.3. The van der Waals surface area contributed by atoms with E-state index in [1.165, 1.54) is 0 Å². The van der Waals surface area contributed by atoms with Crippen LogP contribution in [0.1, 0.15) is 56.1 Å². The summed E-state index contributed by atoms with van der Waals surface area (Å²) in [6.07, 6.45) is 2.03. The molecule has 2 unspecified atom stereocenters. The molecule has 2 atom stereocenters. The maximum Gasteiger partial charge on any atom is 0.289 e. The van der Waals surface area contributed by atoms with Crippen molar-refractivity contribution in [3.8, 4) is 0 Å². The molecule has 0 N–H and O–H groups in total. The predicted molar refractivity (Wildman–Crippen MR) is 56.7 cm³/mol. The van der Waals surface area contributed by atoms with E-state index in [2.05, 4.69) is 5.10 Å². The predicted octanol–water partition coefficient (Wildman–Crippen LogP) is 3.24. The maximum atomic E-state index is 13.5. The van der Waals surface area contributed by atoms with E-state index in [1.807, 2.05) is 13.8 Å². The molecule has 0 spiro atoms. The molecule has 88 valence electrons. The molecule has 4 heteroatoms. The zero-order valence-electron chi connectivity index (χ0n) is 9.80. The van der Waals surface area contributed by atoms with Crippen LogP contribution in [0.2, 0.25) is 0 Å². The fourth-order valence-corrected chi connectivity index (χ4v) is 2.90. The summed E-state index contributed by atoms with van der Waals surface area (Å²) in [5.41, 5.74) is 1.96. The van der Waals surface area contributed by atoms with Crippen molar-refractivity contribution in [1.29, 1.82) is 0 Å². The summed E-state index contributed by atoms with van der Waals surface area (Å²) in [6.45, 7) is 4.94. The van der Waals surface area contributed by atoms with E-state index in [0.717, 1.165) is 31.0 Å². The van der Waals surface area contributed by atoms with Crippen LogP contribution < -0.4 is 0 Å². The molecule has 2 aliphatic rings. The molecule has 0 saturated heterocycles. The summed E-state index contributed by atoms with van der Waals surface area (Å²) in [5.74, 6) is -1.80. The number of alkyl halides is 2. The van der Waals surface area contributed by atoms with Gasteiger partial charge >= 0.3 is 0 Å². The third kappa shape index (κ3) is 1.25. The molecular weight excluding hydrogens is 210 g/mol. The summed E-state index contributed by atoms with van der Waals surface area (Å²) >= 11 is 0. The van der Waals surface area contributed by atoms with E-state index in [0.29, 0.717) is 11.8 Å². The Labute approximate surface area is 93.6 Å². The Morgan fingerprint density at radius 2 is 2.12 bits per heavy atom. The number of hydrogen-bond acceptors (Lipinski definition) is 1. The van der Waals surface area contributed by atoms with E-state index in [4.69, 9.17) is 0 Å². The third-order valence-corrected chi connectivity index (χ3v) is 3.70. The van der Waals surface area contributed by atoms with Gasteiger partial charge in [0.1, 0.15) is 5.69 Å². The number of aromatic nitrogens is 2. The molecule has 0 bridgehead atoms. The second kappa shape index (κ2) is 2.84. The van der Waals surface area contributed by atoms with Gasteiger partial charge in [-0.3, -0.25) is 4.68 Å². The molecule has 1 heterocycles. The van der Waals surface area contributed by atoms with Crippen molar-refractivity contribution >= 4 is 0 Å². The number of halogens is 2. The van der Waals surface area contributed by atoms with Gasteiger partial charge in [0.2, 0.25) is 0 Å². The number of hydrogen-bond donors (Lipinski definition) is 0. The lowest BCUT2D eigenvalue weighted by Crippen LogP contribution is -2.12. The molecule has 1 aromatic heterocycles. The average molecular weight is 226 g/mol. The fourth-order valence-electron chi connectivity index (χ4n) is 2.90. The van der Waals surface area contributed by atoms with E-state index in [1.54, 1.807) is 4.68 Å². The number of fused-ring (bicyclic) bond motifs is 3. The van der Waals surface area contributed by atoms with Crippen molar-refractivity contribution in [2.75, 3.05) is 0 Å². The van der Waals surface area contributed by atoms with Crippen LogP contribution in [0, 0.1) is 5.92 Å². The quantitative estimate of drug-likeness (QED) is 0.757. The number of nitrogens with zero attached hydrogens (tertiary/aromatic N) is 2.